The van der Waals surface area contributed by atoms with E-state index in [1.807, 2.05) is 49.4 Å². The van der Waals surface area contributed by atoms with E-state index in [2.05, 4.69) is 25.9 Å². The molecule has 1 atom stereocenters. The van der Waals surface area contributed by atoms with Crippen LogP contribution in [0.15, 0.2) is 54.6 Å². The van der Waals surface area contributed by atoms with Gasteiger partial charge in [-0.3, -0.25) is 28.9 Å². The number of carbonyl (C=O) groups excluding carboxylic acids is 5. The molecule has 1 aliphatic rings. The minimum absolute atomic E-state index is 0.0308. The molecule has 0 spiro atoms. The van der Waals surface area contributed by atoms with Gasteiger partial charge in [0.25, 0.3) is 11.8 Å². The van der Waals surface area contributed by atoms with Crippen molar-refractivity contribution in [3.63, 3.8) is 0 Å². The predicted octanol–water partition coefficient (Wildman–Crippen LogP) is 2.77. The van der Waals surface area contributed by atoms with Gasteiger partial charge in [-0.2, -0.15) is 0 Å². The van der Waals surface area contributed by atoms with Gasteiger partial charge in [-0.25, -0.2) is 9.97 Å². The first-order valence-corrected chi connectivity index (χ1v) is 18.8. The van der Waals surface area contributed by atoms with Gasteiger partial charge in [-0.15, -0.1) is 11.3 Å². The minimum atomic E-state index is -0.816. The van der Waals surface area contributed by atoms with Crippen molar-refractivity contribution in [3.05, 3.63) is 65.2 Å². The van der Waals surface area contributed by atoms with Crippen LogP contribution in [0.5, 0.6) is 0 Å². The molecule has 0 aliphatic carbocycles. The number of aryl methyl sites for hydroxylation is 1. The lowest BCUT2D eigenvalue weighted by Crippen LogP contribution is -2.45. The first-order valence-electron chi connectivity index (χ1n) is 17.2. The van der Waals surface area contributed by atoms with Crippen molar-refractivity contribution in [2.45, 2.75) is 32.2 Å². The molecule has 5 rings (SSSR count). The van der Waals surface area contributed by atoms with E-state index in [9.17, 15) is 24.0 Å². The van der Waals surface area contributed by atoms with Crippen LogP contribution < -0.4 is 16.0 Å². The SMILES string of the molecule is Cc1nc2c(ccc3nc(NC(=O)C(Cc4ccccc4)NC(=O)CCOCCOCCOCCOCCNC(=O)CCN4C(=O)C=CC4=O)sc32)s1. The Kier molecular flexibility index (Phi) is 15.3. The highest BCUT2D eigenvalue weighted by atomic mass is 32.1. The van der Waals surface area contributed by atoms with Crippen LogP contribution in [0.3, 0.4) is 0 Å². The van der Waals surface area contributed by atoms with E-state index in [1.54, 1.807) is 11.3 Å². The molecule has 3 N–H and O–H groups in total. The number of aromatic nitrogens is 2. The molecule has 2 aromatic carbocycles. The van der Waals surface area contributed by atoms with Crippen molar-refractivity contribution in [1.82, 2.24) is 25.5 Å². The van der Waals surface area contributed by atoms with Crippen LogP contribution in [0.1, 0.15) is 23.4 Å². The predicted molar refractivity (Wildman–Crippen MR) is 200 cm³/mol. The van der Waals surface area contributed by atoms with Gasteiger partial charge in [-0.1, -0.05) is 41.7 Å². The molecule has 53 heavy (non-hydrogen) atoms. The van der Waals surface area contributed by atoms with E-state index < -0.39 is 17.9 Å². The largest absolute Gasteiger partial charge is 0.379 e. The smallest absolute Gasteiger partial charge is 0.253 e. The van der Waals surface area contributed by atoms with Crippen molar-refractivity contribution in [3.8, 4) is 0 Å². The monoisotopic (exact) mass is 766 g/mol. The average Bonchev–Trinajstić information content (AvgIpc) is 3.83. The molecule has 0 saturated carbocycles. The molecule has 2 aromatic heterocycles. The van der Waals surface area contributed by atoms with E-state index >= 15 is 0 Å². The van der Waals surface area contributed by atoms with Crippen LogP contribution in [0.4, 0.5) is 5.13 Å². The van der Waals surface area contributed by atoms with Crippen molar-refractivity contribution < 1.29 is 42.9 Å². The second-order valence-corrected chi connectivity index (χ2v) is 14.0. The maximum atomic E-state index is 13.4. The van der Waals surface area contributed by atoms with Gasteiger partial charge in [-0.05, 0) is 24.6 Å². The Morgan fingerprint density at radius 3 is 2.13 bits per heavy atom. The zero-order chi connectivity index (χ0) is 37.4. The summed E-state index contributed by atoms with van der Waals surface area (Å²) >= 11 is 2.97. The van der Waals surface area contributed by atoms with Gasteiger partial charge in [0.1, 0.15) is 11.6 Å². The summed E-state index contributed by atoms with van der Waals surface area (Å²) in [5.74, 6) is -1.77. The quantitative estimate of drug-likeness (QED) is 0.0745. The topological polar surface area (TPSA) is 187 Å². The molecule has 3 heterocycles. The number of imide groups is 1. The third-order valence-corrected chi connectivity index (χ3v) is 9.74. The number of carbonyl (C=O) groups is 5. The van der Waals surface area contributed by atoms with Gasteiger partial charge < -0.3 is 34.9 Å². The normalized spacial score (nSPS) is 13.3. The number of ether oxygens (including phenoxy) is 4. The van der Waals surface area contributed by atoms with E-state index in [-0.39, 0.29) is 43.7 Å². The van der Waals surface area contributed by atoms with E-state index in [1.165, 1.54) is 23.5 Å². The number of benzene rings is 2. The van der Waals surface area contributed by atoms with E-state index in [4.69, 9.17) is 18.9 Å². The Bertz CT molecular complexity index is 1880. The zero-order valence-corrected chi connectivity index (χ0v) is 30.9. The highest BCUT2D eigenvalue weighted by Crippen LogP contribution is 2.34. The molecule has 282 valence electrons. The van der Waals surface area contributed by atoms with Gasteiger partial charge in [0, 0.05) is 44.5 Å². The van der Waals surface area contributed by atoms with Crippen LogP contribution in [-0.4, -0.2) is 116 Å². The molecule has 0 saturated heterocycles. The molecule has 15 nitrogen and oxygen atoms in total. The molecule has 0 radical (unpaired) electrons. The summed E-state index contributed by atoms with van der Waals surface area (Å²) in [4.78, 5) is 71.3. The molecule has 4 aromatic rings. The fourth-order valence-corrected chi connectivity index (χ4v) is 7.06. The molecule has 1 aliphatic heterocycles. The third-order valence-electron chi connectivity index (χ3n) is 7.81. The molecule has 0 bridgehead atoms. The number of thiazole rings is 2. The fourth-order valence-electron chi connectivity index (χ4n) is 5.20. The van der Waals surface area contributed by atoms with Crippen LogP contribution in [0.2, 0.25) is 0 Å². The Hall–Kier alpha value is -4.65. The second-order valence-electron chi connectivity index (χ2n) is 11.8. The first-order chi connectivity index (χ1) is 25.8. The zero-order valence-electron chi connectivity index (χ0n) is 29.3. The highest BCUT2D eigenvalue weighted by Gasteiger charge is 2.24. The summed E-state index contributed by atoms with van der Waals surface area (Å²) in [6.45, 7) is 4.80. The molecule has 5 amide bonds. The van der Waals surface area contributed by atoms with Gasteiger partial charge >= 0.3 is 0 Å². The Morgan fingerprint density at radius 2 is 1.43 bits per heavy atom. The fraction of sp³-hybridized carbons (Fsp3) is 0.417. The lowest BCUT2D eigenvalue weighted by Gasteiger charge is -2.18. The summed E-state index contributed by atoms with van der Waals surface area (Å²) in [5.41, 5.74) is 2.54. The van der Waals surface area contributed by atoms with Crippen molar-refractivity contribution in [2.75, 3.05) is 71.3 Å². The number of rotatable bonds is 23. The summed E-state index contributed by atoms with van der Waals surface area (Å²) < 4.78 is 23.9. The lowest BCUT2D eigenvalue weighted by atomic mass is 10.1. The molecule has 0 fully saturated rings. The third kappa shape index (κ3) is 12.5. The van der Waals surface area contributed by atoms with Gasteiger partial charge in [0.2, 0.25) is 17.7 Å². The van der Waals surface area contributed by atoms with Gasteiger partial charge in [0.15, 0.2) is 5.13 Å². The standard InChI is InChI=1S/C36H42N6O9S2/c1-24-38-33-28(52-24)8-7-26-34(33)53-36(40-26)41-35(47)27(23-25-5-3-2-4-6-25)39-30(44)12-15-48-17-19-50-21-22-51-20-18-49-16-13-37-29(43)11-14-42-31(45)9-10-32(42)46/h2-10,27H,11-23H2,1H3,(H,37,43)(H,39,44)(H,40,41,47). The summed E-state index contributed by atoms with van der Waals surface area (Å²) in [6, 6.07) is 12.6. The Labute approximate surface area is 314 Å². The number of nitrogens with one attached hydrogen (secondary N) is 3. The number of hydrogen-bond donors (Lipinski definition) is 3. The second kappa shape index (κ2) is 20.6. The molecular formula is C36H42N6O9S2. The number of anilines is 1. The Morgan fingerprint density at radius 1 is 0.774 bits per heavy atom. The molecule has 1 unspecified atom stereocenters. The number of amides is 5. The number of hydrogen-bond acceptors (Lipinski definition) is 13. The molecular weight excluding hydrogens is 725 g/mol. The van der Waals surface area contributed by atoms with Crippen LogP contribution >= 0.6 is 22.7 Å². The number of nitrogens with zero attached hydrogens (tertiary/aromatic N) is 3. The van der Waals surface area contributed by atoms with E-state index in [0.29, 0.717) is 64.3 Å². The molecule has 17 heteroatoms. The van der Waals surface area contributed by atoms with Crippen molar-refractivity contribution in [1.29, 1.82) is 0 Å². The average molecular weight is 767 g/mol. The maximum Gasteiger partial charge on any atom is 0.253 e. The first kappa shape index (κ1) is 39.6. The lowest BCUT2D eigenvalue weighted by molar-refractivity contribution is -0.137. The highest BCUT2D eigenvalue weighted by molar-refractivity contribution is 7.24. The Balaban J connectivity index is 0.899. The van der Waals surface area contributed by atoms with Crippen LogP contribution in [-0.2, 0) is 49.3 Å². The summed E-state index contributed by atoms with van der Waals surface area (Å²) in [7, 11) is 0. The van der Waals surface area contributed by atoms with Crippen LogP contribution in [0, 0.1) is 6.92 Å². The summed E-state index contributed by atoms with van der Waals surface area (Å²) in [5, 5.41) is 9.83. The summed E-state index contributed by atoms with van der Waals surface area (Å²) in [6.07, 6.45) is 2.79. The van der Waals surface area contributed by atoms with Crippen molar-refractivity contribution >= 4 is 77.8 Å². The van der Waals surface area contributed by atoms with E-state index in [0.717, 1.165) is 35.9 Å². The minimum Gasteiger partial charge on any atom is -0.379 e. The van der Waals surface area contributed by atoms with Crippen LogP contribution in [0.25, 0.3) is 20.4 Å². The number of fused-ring (bicyclic) bond motifs is 3. The van der Waals surface area contributed by atoms with Crippen molar-refractivity contribution in [2.24, 2.45) is 0 Å². The maximum absolute atomic E-state index is 13.4. The van der Waals surface area contributed by atoms with Gasteiger partial charge in [0.05, 0.1) is 72.8 Å².